The maximum absolute atomic E-state index is 6.20. The second kappa shape index (κ2) is 7.50. The Kier molecular flexibility index (Phi) is 5.82. The lowest BCUT2D eigenvalue weighted by atomic mass is 9.77. The first-order valence-electron chi connectivity index (χ1n) is 10.3. The van der Waals surface area contributed by atoms with Gasteiger partial charge in [0.05, 0.1) is 28.1 Å². The third-order valence-electron chi connectivity index (χ3n) is 6.60. The van der Waals surface area contributed by atoms with Gasteiger partial charge in [-0.25, -0.2) is 0 Å². The molecule has 1 aromatic heterocycles. The first kappa shape index (κ1) is 22.5. The molecule has 158 valence electrons. The Morgan fingerprint density at radius 3 is 1.86 bits per heavy atom. The second-order valence-corrected chi connectivity index (χ2v) is 9.94. The van der Waals surface area contributed by atoms with Crippen molar-refractivity contribution in [2.75, 3.05) is 13.6 Å². The molecule has 29 heavy (non-hydrogen) atoms. The van der Waals surface area contributed by atoms with Crippen molar-refractivity contribution in [3.63, 3.8) is 0 Å². The van der Waals surface area contributed by atoms with E-state index < -0.39 is 14.2 Å². The topological polar surface area (TPSA) is 61.8 Å². The van der Waals surface area contributed by atoms with E-state index in [0.29, 0.717) is 6.54 Å². The van der Waals surface area contributed by atoms with Crippen LogP contribution >= 0.6 is 0 Å². The number of aromatic nitrogens is 1. The zero-order chi connectivity index (χ0) is 21.7. The van der Waals surface area contributed by atoms with Crippen LogP contribution in [0.4, 0.5) is 0 Å². The zero-order valence-electron chi connectivity index (χ0n) is 19.3. The largest absolute Gasteiger partial charge is 0.496 e. The second-order valence-electron chi connectivity index (χ2n) is 9.94. The summed E-state index contributed by atoms with van der Waals surface area (Å²) in [6.07, 6.45) is 3.84. The van der Waals surface area contributed by atoms with Crippen LogP contribution in [0, 0.1) is 0 Å². The van der Waals surface area contributed by atoms with E-state index in [1.165, 1.54) is 0 Å². The lowest BCUT2D eigenvalue weighted by Crippen LogP contribution is -2.41. The van der Waals surface area contributed by atoms with Crippen molar-refractivity contribution < 1.29 is 18.6 Å². The van der Waals surface area contributed by atoms with Gasteiger partial charge < -0.3 is 23.9 Å². The first-order valence-corrected chi connectivity index (χ1v) is 10.3. The Morgan fingerprint density at radius 2 is 1.41 bits per heavy atom. The first-order chi connectivity index (χ1) is 13.3. The van der Waals surface area contributed by atoms with Crippen molar-refractivity contribution in [3.8, 4) is 0 Å². The van der Waals surface area contributed by atoms with Crippen LogP contribution in [-0.2, 0) is 18.6 Å². The third-order valence-corrected chi connectivity index (χ3v) is 6.60. The summed E-state index contributed by atoms with van der Waals surface area (Å²) in [5.41, 5.74) is 1.26. The number of pyridine rings is 1. The van der Waals surface area contributed by atoms with Crippen molar-refractivity contribution in [1.82, 2.24) is 10.3 Å². The molecule has 6 nitrogen and oxygen atoms in total. The molecule has 8 heteroatoms. The molecule has 0 bridgehead atoms. The van der Waals surface area contributed by atoms with Gasteiger partial charge in [-0.15, -0.1) is 0 Å². The Bertz CT molecular complexity index is 743. The van der Waals surface area contributed by atoms with Gasteiger partial charge in [-0.1, -0.05) is 6.07 Å². The van der Waals surface area contributed by atoms with E-state index in [-0.39, 0.29) is 22.4 Å². The van der Waals surface area contributed by atoms with Gasteiger partial charge in [-0.05, 0) is 80.1 Å². The summed E-state index contributed by atoms with van der Waals surface area (Å²) in [6, 6.07) is 3.98. The van der Waals surface area contributed by atoms with Crippen LogP contribution in [0.1, 0.15) is 61.1 Å². The summed E-state index contributed by atoms with van der Waals surface area (Å²) >= 11 is 0. The number of nitrogens with zero attached hydrogens (tertiary/aromatic N) is 1. The highest BCUT2D eigenvalue weighted by atomic mass is 16.7. The normalized spacial score (nSPS) is 24.9. The Balaban J connectivity index is 1.79. The van der Waals surface area contributed by atoms with Crippen LogP contribution in [0.3, 0.4) is 0 Å². The molecule has 1 N–H and O–H groups in total. The summed E-state index contributed by atoms with van der Waals surface area (Å²) in [6.45, 7) is 17.1. The van der Waals surface area contributed by atoms with Crippen LogP contribution in [-0.4, -0.2) is 55.2 Å². The minimum Gasteiger partial charge on any atom is -0.400 e. The highest BCUT2D eigenvalue weighted by molar-refractivity contribution is 6.62. The summed E-state index contributed by atoms with van der Waals surface area (Å²) in [5, 5.41) is 3.20. The standard InChI is InChI=1S/C21H34B2N2O4/c1-18(2)19(3,4)27-22(26-18)15-10-11-17(25-14-15)12-16(13-24-9)23-28-20(5,6)21(7,8)29-23/h10-12,14,24H,13H2,1-9H3. The maximum atomic E-state index is 6.20. The average Bonchev–Trinajstić information content (AvgIpc) is 2.95. The molecule has 0 saturated carbocycles. The molecule has 0 atom stereocenters. The molecule has 2 aliphatic rings. The molecule has 0 amide bonds. The lowest BCUT2D eigenvalue weighted by molar-refractivity contribution is 0.00578. The molecular formula is C21H34B2N2O4. The molecular weight excluding hydrogens is 366 g/mol. The van der Waals surface area contributed by atoms with Crippen LogP contribution in [0.5, 0.6) is 0 Å². The Labute approximate surface area is 176 Å². The molecule has 3 rings (SSSR count). The number of nitrogens with one attached hydrogen (secondary N) is 1. The maximum Gasteiger partial charge on any atom is 0.496 e. The van der Waals surface area contributed by atoms with E-state index in [0.717, 1.165) is 16.6 Å². The fourth-order valence-corrected chi connectivity index (χ4v) is 3.21. The van der Waals surface area contributed by atoms with E-state index in [1.54, 1.807) is 0 Å². The molecule has 0 spiro atoms. The van der Waals surface area contributed by atoms with Crippen molar-refractivity contribution in [3.05, 3.63) is 29.5 Å². The number of rotatable bonds is 5. The van der Waals surface area contributed by atoms with Crippen LogP contribution in [0.2, 0.25) is 0 Å². The molecule has 0 aromatic carbocycles. The summed E-state index contributed by atoms with van der Waals surface area (Å²) in [5.74, 6) is 0. The highest BCUT2D eigenvalue weighted by Crippen LogP contribution is 2.39. The highest BCUT2D eigenvalue weighted by Gasteiger charge is 2.53. The van der Waals surface area contributed by atoms with Gasteiger partial charge in [-0.2, -0.15) is 0 Å². The van der Waals surface area contributed by atoms with E-state index in [1.807, 2.05) is 59.1 Å². The molecule has 0 aliphatic carbocycles. The minimum absolute atomic E-state index is 0.368. The summed E-state index contributed by atoms with van der Waals surface area (Å²) in [4.78, 5) is 4.61. The molecule has 2 fully saturated rings. The van der Waals surface area contributed by atoms with E-state index >= 15 is 0 Å². The molecule has 2 aliphatic heterocycles. The van der Waals surface area contributed by atoms with E-state index in [4.69, 9.17) is 18.6 Å². The molecule has 3 heterocycles. The van der Waals surface area contributed by atoms with Crippen LogP contribution in [0.15, 0.2) is 23.8 Å². The van der Waals surface area contributed by atoms with Gasteiger partial charge in [0.15, 0.2) is 0 Å². The Hall–Kier alpha value is -1.18. The average molecular weight is 400 g/mol. The van der Waals surface area contributed by atoms with Crippen molar-refractivity contribution in [2.45, 2.75) is 77.8 Å². The third kappa shape index (κ3) is 4.32. The van der Waals surface area contributed by atoms with Crippen molar-refractivity contribution in [1.29, 1.82) is 0 Å². The number of hydrogen-bond acceptors (Lipinski definition) is 6. The zero-order valence-corrected chi connectivity index (χ0v) is 19.3. The van der Waals surface area contributed by atoms with Crippen molar-refractivity contribution >= 4 is 25.8 Å². The van der Waals surface area contributed by atoms with Crippen molar-refractivity contribution in [2.24, 2.45) is 0 Å². The SMILES string of the molecule is CNCC(=Cc1ccc(B2OC(C)(C)C(C)(C)O2)cn1)B1OC(C)(C)C(C)(C)O1. The monoisotopic (exact) mass is 400 g/mol. The predicted octanol–water partition coefficient (Wildman–Crippen LogP) is 2.62. The minimum atomic E-state index is -0.412. The lowest BCUT2D eigenvalue weighted by Gasteiger charge is -2.32. The van der Waals surface area contributed by atoms with E-state index in [2.05, 4.69) is 38.0 Å². The van der Waals surface area contributed by atoms with E-state index in [9.17, 15) is 0 Å². The summed E-state index contributed by atoms with van der Waals surface area (Å²) < 4.78 is 24.6. The van der Waals surface area contributed by atoms with Gasteiger partial charge in [0.2, 0.25) is 0 Å². The predicted molar refractivity (Wildman–Crippen MR) is 118 cm³/mol. The molecule has 0 unspecified atom stereocenters. The van der Waals surface area contributed by atoms with Crippen LogP contribution < -0.4 is 10.8 Å². The Morgan fingerprint density at radius 1 is 0.897 bits per heavy atom. The van der Waals surface area contributed by atoms with Gasteiger partial charge in [-0.3, -0.25) is 4.98 Å². The van der Waals surface area contributed by atoms with Crippen LogP contribution in [0.25, 0.3) is 6.08 Å². The molecule has 0 radical (unpaired) electrons. The summed E-state index contributed by atoms with van der Waals surface area (Å²) in [7, 11) is 1.09. The quantitative estimate of drug-likeness (QED) is 0.768. The number of likely N-dealkylation sites (N-methyl/N-ethyl adjacent to an activating group) is 1. The smallest absolute Gasteiger partial charge is 0.400 e. The number of hydrogen-bond donors (Lipinski definition) is 1. The molecule has 1 aromatic rings. The van der Waals surface area contributed by atoms with Gasteiger partial charge in [0.1, 0.15) is 0 Å². The fourth-order valence-electron chi connectivity index (χ4n) is 3.21. The molecule has 2 saturated heterocycles. The fraction of sp³-hybridized carbons (Fsp3) is 0.667. The van der Waals surface area contributed by atoms with Gasteiger partial charge >= 0.3 is 14.2 Å². The van der Waals surface area contributed by atoms with Gasteiger partial charge in [0, 0.05) is 18.2 Å². The van der Waals surface area contributed by atoms with Gasteiger partial charge in [0.25, 0.3) is 0 Å².